The van der Waals surface area contributed by atoms with Crippen LogP contribution in [0.4, 0.5) is 22.9 Å². The van der Waals surface area contributed by atoms with Crippen molar-refractivity contribution in [3.8, 4) is 11.1 Å². The van der Waals surface area contributed by atoms with E-state index in [1.807, 2.05) is 36.1 Å². The number of nitrogens with zero attached hydrogens (tertiary/aromatic N) is 7. The Kier molecular flexibility index (Phi) is 8.05. The molecule has 2 aliphatic heterocycles. The van der Waals surface area contributed by atoms with Gasteiger partial charge in [-0.15, -0.1) is 10.2 Å². The van der Waals surface area contributed by atoms with Gasteiger partial charge in [0.2, 0.25) is 5.91 Å². The number of benzene rings is 1. The molecule has 3 aliphatic rings. The quantitative estimate of drug-likeness (QED) is 0.235. The van der Waals surface area contributed by atoms with Gasteiger partial charge in [-0.3, -0.25) is 24.0 Å². The Morgan fingerprint density at radius 3 is 2.51 bits per heavy atom. The molecule has 4 aromatic rings. The zero-order chi connectivity index (χ0) is 34.6. The minimum Gasteiger partial charge on any atom is -0.364 e. The van der Waals surface area contributed by atoms with Crippen LogP contribution in [-0.2, 0) is 14.6 Å². The highest BCUT2D eigenvalue weighted by atomic mass is 32.2. The average molecular weight is 685 g/mol. The first-order valence-electron chi connectivity index (χ1n) is 16.1. The van der Waals surface area contributed by atoms with E-state index in [1.165, 1.54) is 25.4 Å². The predicted octanol–water partition coefficient (Wildman–Crippen LogP) is 3.19. The molecule has 3 N–H and O–H groups in total. The van der Waals surface area contributed by atoms with Crippen LogP contribution in [-0.4, -0.2) is 88.9 Å². The molecule has 3 amide bonds. The molecule has 1 saturated carbocycles. The summed E-state index contributed by atoms with van der Waals surface area (Å²) >= 11 is 0. The molecule has 16 heteroatoms. The van der Waals surface area contributed by atoms with Crippen molar-refractivity contribution in [1.82, 2.24) is 35.2 Å². The molecule has 1 aliphatic carbocycles. The number of sulfone groups is 1. The number of carbonyl (C=O) groups excluding carboxylic acids is 3. The van der Waals surface area contributed by atoms with Crippen LogP contribution in [0, 0.1) is 5.92 Å². The molecule has 2 fully saturated rings. The largest absolute Gasteiger partial charge is 0.364 e. The van der Waals surface area contributed by atoms with E-state index in [0.29, 0.717) is 18.8 Å². The summed E-state index contributed by atoms with van der Waals surface area (Å²) in [5, 5.41) is 21.8. The number of pyridine rings is 1. The molecule has 0 unspecified atom stereocenters. The van der Waals surface area contributed by atoms with Gasteiger partial charge in [0.05, 0.1) is 51.7 Å². The molecule has 1 saturated heterocycles. The van der Waals surface area contributed by atoms with Crippen molar-refractivity contribution in [2.75, 3.05) is 48.5 Å². The third-order valence-electron chi connectivity index (χ3n) is 9.38. The third kappa shape index (κ3) is 5.75. The Bertz CT molecular complexity index is 2110. The van der Waals surface area contributed by atoms with Gasteiger partial charge in [0, 0.05) is 56.5 Å². The highest BCUT2D eigenvalue weighted by molar-refractivity contribution is 7.91. The second-order valence-electron chi connectivity index (χ2n) is 12.5. The maximum atomic E-state index is 13.2. The van der Waals surface area contributed by atoms with E-state index in [4.69, 9.17) is 5.10 Å². The minimum absolute atomic E-state index is 0.0208. The van der Waals surface area contributed by atoms with Gasteiger partial charge in [-0.25, -0.2) is 8.42 Å². The third-order valence-corrected chi connectivity index (χ3v) is 11.1. The van der Waals surface area contributed by atoms with Crippen molar-refractivity contribution < 1.29 is 22.8 Å². The molecule has 1 aromatic carbocycles. The molecule has 49 heavy (non-hydrogen) atoms. The lowest BCUT2D eigenvalue weighted by atomic mass is 9.93. The summed E-state index contributed by atoms with van der Waals surface area (Å²) in [6, 6.07) is 10.0. The monoisotopic (exact) mass is 684 g/mol. The molecule has 7 rings (SSSR count). The second-order valence-corrected chi connectivity index (χ2v) is 14.8. The molecule has 3 aromatic heterocycles. The Labute approximate surface area is 283 Å². The van der Waals surface area contributed by atoms with E-state index in [9.17, 15) is 22.8 Å². The molecule has 5 heterocycles. The molecule has 1 atom stereocenters. The Morgan fingerprint density at radius 2 is 1.80 bits per heavy atom. The van der Waals surface area contributed by atoms with Crippen LogP contribution in [0.25, 0.3) is 11.1 Å². The van der Waals surface area contributed by atoms with Crippen molar-refractivity contribution >= 4 is 50.4 Å². The van der Waals surface area contributed by atoms with Crippen LogP contribution in [0.1, 0.15) is 65.4 Å². The van der Waals surface area contributed by atoms with Gasteiger partial charge in [-0.1, -0.05) is 19.1 Å². The zero-order valence-corrected chi connectivity index (χ0v) is 28.3. The second kappa shape index (κ2) is 12.3. The van der Waals surface area contributed by atoms with Gasteiger partial charge in [0.15, 0.2) is 21.3 Å². The van der Waals surface area contributed by atoms with E-state index in [1.54, 1.807) is 17.9 Å². The van der Waals surface area contributed by atoms with Crippen molar-refractivity contribution in [3.05, 3.63) is 65.9 Å². The fraction of sp³-hybridized carbons (Fsp3) is 0.364. The van der Waals surface area contributed by atoms with Gasteiger partial charge in [-0.05, 0) is 38.0 Å². The molecular formula is C33H36N10O5S. The van der Waals surface area contributed by atoms with E-state index in [-0.39, 0.29) is 57.7 Å². The number of amides is 3. The van der Waals surface area contributed by atoms with Crippen LogP contribution in [0.3, 0.4) is 0 Å². The standard InChI is InChI=1S/C33H36N10O5S/c1-5-49(47,48)21-11-12-35-26(13-21)33(46)42-16-20(17-42)43-29-18(2)41(4)30-22(23(29)15-36-43)7-6-8-24(30)37-25-14-27(38-31(44)19-9-10-19)39-40-28(25)32(45)34-3/h6-8,11-15,18-20H,5,9-10,16-17H2,1-4H3,(H,34,45)(H2,37,38,39,44)/t18-/m0/s1. The van der Waals surface area contributed by atoms with Crippen molar-refractivity contribution in [2.45, 2.75) is 43.7 Å². The Balaban J connectivity index is 1.15. The zero-order valence-electron chi connectivity index (χ0n) is 27.5. The first-order chi connectivity index (χ1) is 23.5. The number of carbonyl (C=O) groups is 3. The maximum Gasteiger partial charge on any atom is 0.273 e. The van der Waals surface area contributed by atoms with Crippen LogP contribution in [0.2, 0.25) is 0 Å². The number of likely N-dealkylation sites (tertiary alicyclic amines) is 1. The maximum absolute atomic E-state index is 13.2. The number of para-hydroxylation sites is 1. The highest BCUT2D eigenvalue weighted by Crippen LogP contribution is 2.49. The highest BCUT2D eigenvalue weighted by Gasteiger charge is 2.39. The van der Waals surface area contributed by atoms with Gasteiger partial charge < -0.3 is 25.8 Å². The summed E-state index contributed by atoms with van der Waals surface area (Å²) in [5.41, 5.74) is 5.07. The number of hydrogen-bond acceptors (Lipinski definition) is 11. The van der Waals surface area contributed by atoms with Gasteiger partial charge >= 0.3 is 0 Å². The lowest BCUT2D eigenvalue weighted by molar-refractivity contribution is -0.117. The topological polar surface area (TPSA) is 184 Å². The normalized spacial score (nSPS) is 17.1. The minimum atomic E-state index is -3.47. The molecule has 0 bridgehead atoms. The average Bonchev–Trinajstić information content (AvgIpc) is 3.85. The van der Waals surface area contributed by atoms with Crippen LogP contribution in [0.5, 0.6) is 0 Å². The van der Waals surface area contributed by atoms with Gasteiger partial charge in [0.1, 0.15) is 5.69 Å². The van der Waals surface area contributed by atoms with E-state index in [2.05, 4.69) is 43.0 Å². The van der Waals surface area contributed by atoms with Crippen molar-refractivity contribution in [2.24, 2.45) is 5.92 Å². The molecule has 0 spiro atoms. The summed E-state index contributed by atoms with van der Waals surface area (Å²) in [4.78, 5) is 46.4. The lowest BCUT2D eigenvalue weighted by Gasteiger charge is -2.42. The lowest BCUT2D eigenvalue weighted by Crippen LogP contribution is -2.51. The molecule has 15 nitrogen and oxygen atoms in total. The molecule has 0 radical (unpaired) electrons. The SMILES string of the molecule is CCS(=O)(=O)c1ccnc(C(=O)N2CC(n3ncc4c3[C@H](C)N(C)c3c(Nc5cc(NC(=O)C6CC6)nnc5C(=O)NC)cccc3-4)C2)c1. The smallest absolute Gasteiger partial charge is 0.273 e. The summed E-state index contributed by atoms with van der Waals surface area (Å²) in [5.74, 6) is -0.693. The first kappa shape index (κ1) is 32.2. The Morgan fingerprint density at radius 1 is 1.02 bits per heavy atom. The van der Waals surface area contributed by atoms with Crippen LogP contribution in [0.15, 0.2) is 53.7 Å². The summed E-state index contributed by atoms with van der Waals surface area (Å²) in [6.45, 7) is 4.45. The van der Waals surface area contributed by atoms with E-state index in [0.717, 1.165) is 41.0 Å². The first-order valence-corrected chi connectivity index (χ1v) is 17.7. The number of rotatable bonds is 9. The Hall–Kier alpha value is -5.38. The van der Waals surface area contributed by atoms with Crippen molar-refractivity contribution in [3.63, 3.8) is 0 Å². The number of anilines is 4. The summed E-state index contributed by atoms with van der Waals surface area (Å²) in [6.07, 6.45) is 4.88. The fourth-order valence-corrected chi connectivity index (χ4v) is 7.18. The number of aromatic nitrogens is 5. The predicted molar refractivity (Wildman–Crippen MR) is 181 cm³/mol. The number of nitrogens with one attached hydrogen (secondary N) is 3. The van der Waals surface area contributed by atoms with Crippen molar-refractivity contribution in [1.29, 1.82) is 0 Å². The molecule has 254 valence electrons. The van der Waals surface area contributed by atoms with Gasteiger partial charge in [-0.2, -0.15) is 5.10 Å². The summed E-state index contributed by atoms with van der Waals surface area (Å²) < 4.78 is 26.7. The van der Waals surface area contributed by atoms with Crippen LogP contribution < -0.4 is 20.9 Å². The van der Waals surface area contributed by atoms with Crippen LogP contribution >= 0.6 is 0 Å². The summed E-state index contributed by atoms with van der Waals surface area (Å²) in [7, 11) is 0.0324. The van der Waals surface area contributed by atoms with Gasteiger partial charge in [0.25, 0.3) is 11.8 Å². The van der Waals surface area contributed by atoms with E-state index >= 15 is 0 Å². The number of fused-ring (bicyclic) bond motifs is 3. The van der Waals surface area contributed by atoms with E-state index < -0.39 is 15.7 Å². The fourth-order valence-electron chi connectivity index (χ4n) is 6.28. The number of hydrogen-bond donors (Lipinski definition) is 3. The molecular weight excluding hydrogens is 648 g/mol.